The minimum atomic E-state index is -4.38. The first-order valence-electron chi connectivity index (χ1n) is 12.1. The number of guanidine groups is 1. The largest absolute Gasteiger partial charge is 0.416 e. The standard InChI is InChI=1S/C25H40F3N5/c1-7-10-14-33(6)23-16-22(31-24(32-23)29-18(5)11-8-2)30-21(9-3)19-15-17(4)12-13-20(19)25(26,27)28/h10,13-15,17-18,21,23H,7-9,11-12,16H2,1-6H3,(H2,29,30,31,32)/b14-10-/t17?,18?,21?,23-/m1/s1. The first-order chi connectivity index (χ1) is 15.6. The van der Waals surface area contributed by atoms with E-state index in [1.807, 2.05) is 32.0 Å². The van der Waals surface area contributed by atoms with Crippen molar-refractivity contribution in [3.63, 3.8) is 0 Å². The minimum Gasteiger partial charge on any atom is -0.359 e. The predicted molar refractivity (Wildman–Crippen MR) is 131 cm³/mol. The number of amidine groups is 1. The third-order valence-electron chi connectivity index (χ3n) is 5.90. The Morgan fingerprint density at radius 1 is 1.33 bits per heavy atom. The van der Waals surface area contributed by atoms with Crippen molar-refractivity contribution >= 4 is 11.8 Å². The molecule has 2 N–H and O–H groups in total. The molecule has 0 radical (unpaired) electrons. The van der Waals surface area contributed by atoms with E-state index in [1.165, 1.54) is 6.08 Å². The van der Waals surface area contributed by atoms with E-state index in [4.69, 9.17) is 9.98 Å². The highest BCUT2D eigenvalue weighted by Gasteiger charge is 2.39. The van der Waals surface area contributed by atoms with Gasteiger partial charge in [-0.25, -0.2) is 4.99 Å². The summed E-state index contributed by atoms with van der Waals surface area (Å²) in [6.45, 7) is 10.1. The van der Waals surface area contributed by atoms with Gasteiger partial charge in [-0.15, -0.1) is 0 Å². The van der Waals surface area contributed by atoms with Crippen molar-refractivity contribution in [1.29, 1.82) is 0 Å². The summed E-state index contributed by atoms with van der Waals surface area (Å²) in [5, 5.41) is 6.67. The van der Waals surface area contributed by atoms with E-state index < -0.39 is 17.8 Å². The molecule has 1 aliphatic carbocycles. The summed E-state index contributed by atoms with van der Waals surface area (Å²) >= 11 is 0. The fraction of sp³-hybridized carbons (Fsp3) is 0.680. The number of hydrogen-bond donors (Lipinski definition) is 2. The summed E-state index contributed by atoms with van der Waals surface area (Å²) in [5.74, 6) is 1.34. The summed E-state index contributed by atoms with van der Waals surface area (Å²) in [5.41, 5.74) is -0.263. The fourth-order valence-corrected chi connectivity index (χ4v) is 4.12. The third kappa shape index (κ3) is 7.93. The van der Waals surface area contributed by atoms with Crippen LogP contribution in [0.2, 0.25) is 0 Å². The Kier molecular flexibility index (Phi) is 10.0. The van der Waals surface area contributed by atoms with Gasteiger partial charge in [-0.2, -0.15) is 13.2 Å². The van der Waals surface area contributed by atoms with Gasteiger partial charge in [0.15, 0.2) is 5.96 Å². The topological polar surface area (TPSA) is 52.0 Å². The minimum absolute atomic E-state index is 0.0615. The molecule has 3 unspecified atom stereocenters. The maximum atomic E-state index is 13.7. The van der Waals surface area contributed by atoms with E-state index in [1.54, 1.807) is 6.08 Å². The second-order valence-corrected chi connectivity index (χ2v) is 9.03. The highest BCUT2D eigenvalue weighted by Crippen LogP contribution is 2.38. The molecule has 1 heterocycles. The van der Waals surface area contributed by atoms with Crippen LogP contribution in [0.5, 0.6) is 0 Å². The van der Waals surface area contributed by atoms with E-state index in [2.05, 4.69) is 37.5 Å². The second kappa shape index (κ2) is 12.3. The Hall–Kier alpha value is -2.25. The molecule has 4 atom stereocenters. The molecule has 0 amide bonds. The van der Waals surface area contributed by atoms with Gasteiger partial charge in [-0.05, 0) is 50.3 Å². The molecule has 0 bridgehead atoms. The molecule has 0 aromatic carbocycles. The van der Waals surface area contributed by atoms with Crippen LogP contribution in [0.3, 0.4) is 0 Å². The van der Waals surface area contributed by atoms with Crippen molar-refractivity contribution in [3.8, 4) is 0 Å². The Morgan fingerprint density at radius 2 is 2.06 bits per heavy atom. The van der Waals surface area contributed by atoms with Gasteiger partial charge in [0, 0.05) is 19.5 Å². The van der Waals surface area contributed by atoms with Gasteiger partial charge >= 0.3 is 6.18 Å². The van der Waals surface area contributed by atoms with Crippen LogP contribution in [-0.2, 0) is 0 Å². The van der Waals surface area contributed by atoms with Crippen molar-refractivity contribution in [2.24, 2.45) is 15.9 Å². The van der Waals surface area contributed by atoms with E-state index >= 15 is 0 Å². The molecule has 0 aromatic rings. The van der Waals surface area contributed by atoms with Crippen LogP contribution in [-0.4, -0.2) is 48.2 Å². The van der Waals surface area contributed by atoms with Gasteiger partial charge < -0.3 is 15.5 Å². The number of nitrogens with one attached hydrogen (secondary N) is 2. The van der Waals surface area contributed by atoms with Crippen LogP contribution < -0.4 is 10.6 Å². The third-order valence-corrected chi connectivity index (χ3v) is 5.90. The lowest BCUT2D eigenvalue weighted by molar-refractivity contribution is -0.0903. The maximum Gasteiger partial charge on any atom is 0.416 e. The van der Waals surface area contributed by atoms with Crippen LogP contribution >= 0.6 is 0 Å². The van der Waals surface area contributed by atoms with Crippen LogP contribution in [0.15, 0.2) is 45.6 Å². The van der Waals surface area contributed by atoms with Gasteiger partial charge in [0.25, 0.3) is 0 Å². The van der Waals surface area contributed by atoms with Crippen LogP contribution in [0.1, 0.15) is 73.1 Å². The molecular weight excluding hydrogens is 427 g/mol. The van der Waals surface area contributed by atoms with E-state index in [9.17, 15) is 13.2 Å². The lowest BCUT2D eigenvalue weighted by atomic mass is 9.86. The number of rotatable bonds is 9. The summed E-state index contributed by atoms with van der Waals surface area (Å²) in [6.07, 6.45) is 6.90. The Balaban J connectivity index is 2.36. The Morgan fingerprint density at radius 3 is 2.67 bits per heavy atom. The summed E-state index contributed by atoms with van der Waals surface area (Å²) < 4.78 is 41.2. The number of aliphatic imine (C=N–C) groups is 2. The zero-order valence-electron chi connectivity index (χ0n) is 20.8. The molecule has 2 rings (SSSR count). The summed E-state index contributed by atoms with van der Waals surface area (Å²) in [7, 11) is 1.96. The second-order valence-electron chi connectivity index (χ2n) is 9.03. The lowest BCUT2D eigenvalue weighted by Crippen LogP contribution is -2.51. The predicted octanol–water partition coefficient (Wildman–Crippen LogP) is 5.93. The van der Waals surface area contributed by atoms with Gasteiger partial charge in [-0.3, -0.25) is 4.99 Å². The molecule has 0 saturated carbocycles. The Bertz CT molecular complexity index is 794. The molecule has 8 heteroatoms. The molecule has 0 aromatic heterocycles. The number of alkyl halides is 3. The molecule has 0 fully saturated rings. The van der Waals surface area contributed by atoms with Gasteiger partial charge in [0.05, 0.1) is 11.6 Å². The average molecular weight is 468 g/mol. The van der Waals surface area contributed by atoms with Gasteiger partial charge in [0.2, 0.25) is 0 Å². The molecule has 1 aliphatic heterocycles. The fourth-order valence-electron chi connectivity index (χ4n) is 4.12. The van der Waals surface area contributed by atoms with E-state index in [0.29, 0.717) is 31.1 Å². The Labute approximate surface area is 197 Å². The number of halogens is 3. The first kappa shape index (κ1) is 27.0. The van der Waals surface area contributed by atoms with Crippen LogP contribution in [0.25, 0.3) is 0 Å². The SMILES string of the molecule is CC/C=C\N(C)[C@@H]1CC(=NC(CC)C2=CC(C)CC=C2C(F)(F)F)NC(NC(C)CCC)=N1. The number of nitrogens with zero attached hydrogens (tertiary/aromatic N) is 3. The first-order valence-corrected chi connectivity index (χ1v) is 12.1. The van der Waals surface area contributed by atoms with E-state index in [-0.39, 0.29) is 23.7 Å². The normalized spacial score (nSPS) is 24.6. The van der Waals surface area contributed by atoms with Crippen molar-refractivity contribution in [1.82, 2.24) is 15.5 Å². The van der Waals surface area contributed by atoms with Gasteiger partial charge in [0.1, 0.15) is 12.0 Å². The highest BCUT2D eigenvalue weighted by molar-refractivity contribution is 6.02. The molecule has 2 aliphatic rings. The smallest absolute Gasteiger partial charge is 0.359 e. The van der Waals surface area contributed by atoms with Crippen molar-refractivity contribution in [2.45, 2.75) is 97.6 Å². The highest BCUT2D eigenvalue weighted by atomic mass is 19.4. The van der Waals surface area contributed by atoms with Crippen LogP contribution in [0.4, 0.5) is 13.2 Å². The molecule has 5 nitrogen and oxygen atoms in total. The van der Waals surface area contributed by atoms with Crippen LogP contribution in [0, 0.1) is 5.92 Å². The van der Waals surface area contributed by atoms with Crippen molar-refractivity contribution in [3.05, 3.63) is 35.6 Å². The van der Waals surface area contributed by atoms with Crippen molar-refractivity contribution in [2.75, 3.05) is 7.05 Å². The molecular formula is C25H40F3N5. The van der Waals surface area contributed by atoms with Gasteiger partial charge in [-0.1, -0.05) is 52.3 Å². The van der Waals surface area contributed by atoms with Crippen molar-refractivity contribution < 1.29 is 13.2 Å². The molecule has 33 heavy (non-hydrogen) atoms. The zero-order valence-corrected chi connectivity index (χ0v) is 20.8. The monoisotopic (exact) mass is 467 g/mol. The zero-order chi connectivity index (χ0) is 24.6. The number of hydrogen-bond acceptors (Lipinski definition) is 4. The number of allylic oxidation sites excluding steroid dienone is 3. The lowest BCUT2D eigenvalue weighted by Gasteiger charge is -2.32. The molecule has 0 saturated heterocycles. The summed E-state index contributed by atoms with van der Waals surface area (Å²) in [4.78, 5) is 11.6. The maximum absolute atomic E-state index is 13.7. The quantitative estimate of drug-likeness (QED) is 0.442. The summed E-state index contributed by atoms with van der Waals surface area (Å²) in [6, 6.07) is -0.339. The molecule has 0 spiro atoms. The molecule has 186 valence electrons. The van der Waals surface area contributed by atoms with E-state index in [0.717, 1.165) is 19.3 Å². The average Bonchev–Trinajstić information content (AvgIpc) is 2.74.